The summed E-state index contributed by atoms with van der Waals surface area (Å²) < 4.78 is 10.7. The van der Waals surface area contributed by atoms with Gasteiger partial charge in [0.2, 0.25) is 5.91 Å². The van der Waals surface area contributed by atoms with Gasteiger partial charge in [-0.3, -0.25) is 9.59 Å². The minimum Gasteiger partial charge on any atom is -0.496 e. The Bertz CT molecular complexity index is 889. The molecule has 2 aromatic rings. The molecular formula is C25H33NO4. The van der Waals surface area contributed by atoms with Crippen LogP contribution in [0.1, 0.15) is 44.4 Å². The Morgan fingerprint density at radius 2 is 1.77 bits per heavy atom. The molecule has 0 aliphatic heterocycles. The zero-order chi connectivity index (χ0) is 22.3. The summed E-state index contributed by atoms with van der Waals surface area (Å²) in [5, 5.41) is 0. The van der Waals surface area contributed by atoms with Crippen molar-refractivity contribution in [2.24, 2.45) is 5.92 Å². The smallest absolute Gasteiger partial charge is 0.310 e. The van der Waals surface area contributed by atoms with Gasteiger partial charge in [-0.15, -0.1) is 0 Å². The van der Waals surface area contributed by atoms with E-state index < -0.39 is 0 Å². The Labute approximate surface area is 180 Å². The summed E-state index contributed by atoms with van der Waals surface area (Å²) in [7, 11) is 1.64. The van der Waals surface area contributed by atoms with Gasteiger partial charge in [0.15, 0.2) is 0 Å². The van der Waals surface area contributed by atoms with Crippen LogP contribution in [0.3, 0.4) is 0 Å². The van der Waals surface area contributed by atoms with Gasteiger partial charge in [-0.2, -0.15) is 0 Å². The number of amides is 1. The van der Waals surface area contributed by atoms with Crippen LogP contribution in [0.4, 0.5) is 0 Å². The minimum absolute atomic E-state index is 0.0550. The van der Waals surface area contributed by atoms with Crippen LogP contribution in [-0.2, 0) is 27.3 Å². The lowest BCUT2D eigenvalue weighted by Crippen LogP contribution is -2.33. The van der Waals surface area contributed by atoms with Crippen LogP contribution in [0.15, 0.2) is 36.4 Å². The van der Waals surface area contributed by atoms with E-state index in [9.17, 15) is 9.59 Å². The Morgan fingerprint density at radius 3 is 2.37 bits per heavy atom. The molecule has 0 saturated heterocycles. The summed E-state index contributed by atoms with van der Waals surface area (Å²) in [6.07, 6.45) is 0.207. The van der Waals surface area contributed by atoms with Crippen LogP contribution >= 0.6 is 0 Å². The number of aryl methyl sites for hydroxylation is 1. The number of nitrogens with zero attached hydrogens (tertiary/aromatic N) is 1. The predicted molar refractivity (Wildman–Crippen MR) is 119 cm³/mol. The molecule has 0 unspecified atom stereocenters. The SMILES string of the molecule is CCOC(=O)Cc1ccc(OC)c(-c2ccc(C)cc2CN(CC)C(=O)C(C)C)c1. The van der Waals surface area contributed by atoms with Gasteiger partial charge in [0.05, 0.1) is 20.1 Å². The zero-order valence-corrected chi connectivity index (χ0v) is 19.0. The Morgan fingerprint density at radius 1 is 1.03 bits per heavy atom. The van der Waals surface area contributed by atoms with Crippen molar-refractivity contribution in [3.05, 3.63) is 53.1 Å². The van der Waals surface area contributed by atoms with Crippen molar-refractivity contribution in [2.45, 2.75) is 47.6 Å². The lowest BCUT2D eigenvalue weighted by molar-refractivity contribution is -0.142. The summed E-state index contributed by atoms with van der Waals surface area (Å²) in [6.45, 7) is 11.2. The van der Waals surface area contributed by atoms with Crippen LogP contribution < -0.4 is 4.74 Å². The second kappa shape index (κ2) is 10.8. The Balaban J connectivity index is 2.50. The predicted octanol–water partition coefficient (Wildman–Crippen LogP) is 4.78. The highest BCUT2D eigenvalue weighted by Crippen LogP contribution is 2.34. The zero-order valence-electron chi connectivity index (χ0n) is 19.0. The monoisotopic (exact) mass is 411 g/mol. The van der Waals surface area contributed by atoms with E-state index in [1.54, 1.807) is 14.0 Å². The number of ether oxygens (including phenoxy) is 2. The summed E-state index contributed by atoms with van der Waals surface area (Å²) in [5.74, 6) is 0.553. The number of esters is 1. The van der Waals surface area contributed by atoms with Gasteiger partial charge in [0, 0.05) is 24.6 Å². The van der Waals surface area contributed by atoms with Crippen LogP contribution in [0.5, 0.6) is 5.75 Å². The molecular weight excluding hydrogens is 378 g/mol. The van der Waals surface area contributed by atoms with Gasteiger partial charge in [-0.05, 0) is 49.6 Å². The van der Waals surface area contributed by atoms with Crippen molar-refractivity contribution in [2.75, 3.05) is 20.3 Å². The Hall–Kier alpha value is -2.82. The molecule has 0 bridgehead atoms. The fraction of sp³-hybridized carbons (Fsp3) is 0.440. The fourth-order valence-electron chi connectivity index (χ4n) is 3.49. The average molecular weight is 412 g/mol. The highest BCUT2D eigenvalue weighted by Gasteiger charge is 2.19. The number of hydrogen-bond donors (Lipinski definition) is 0. The lowest BCUT2D eigenvalue weighted by Gasteiger charge is -2.25. The van der Waals surface area contributed by atoms with Crippen LogP contribution in [-0.4, -0.2) is 37.0 Å². The quantitative estimate of drug-likeness (QED) is 0.557. The topological polar surface area (TPSA) is 55.8 Å². The van der Waals surface area contributed by atoms with E-state index in [2.05, 4.69) is 18.2 Å². The first kappa shape index (κ1) is 23.5. The maximum absolute atomic E-state index is 12.6. The molecule has 0 aliphatic carbocycles. The highest BCUT2D eigenvalue weighted by atomic mass is 16.5. The summed E-state index contributed by atoms with van der Waals surface area (Å²) in [5.41, 5.74) is 4.95. The van der Waals surface area contributed by atoms with Crippen molar-refractivity contribution < 1.29 is 19.1 Å². The molecule has 0 fully saturated rings. The molecule has 1 amide bonds. The first-order valence-electron chi connectivity index (χ1n) is 10.5. The lowest BCUT2D eigenvalue weighted by atomic mass is 9.94. The second-order valence-electron chi connectivity index (χ2n) is 7.68. The molecule has 0 saturated carbocycles. The largest absolute Gasteiger partial charge is 0.496 e. The number of benzene rings is 2. The van der Waals surface area contributed by atoms with E-state index in [1.807, 2.05) is 50.8 Å². The number of carbonyl (C=O) groups excluding carboxylic acids is 2. The van der Waals surface area contributed by atoms with Crippen molar-refractivity contribution in [3.63, 3.8) is 0 Å². The van der Waals surface area contributed by atoms with Gasteiger partial charge in [0.1, 0.15) is 5.75 Å². The molecule has 0 radical (unpaired) electrons. The maximum atomic E-state index is 12.6. The third-order valence-electron chi connectivity index (χ3n) is 5.02. The van der Waals surface area contributed by atoms with E-state index in [1.165, 1.54) is 0 Å². The number of methoxy groups -OCH3 is 1. The summed E-state index contributed by atoms with van der Waals surface area (Å²) in [6, 6.07) is 12.0. The molecule has 5 heteroatoms. The molecule has 0 heterocycles. The molecule has 2 rings (SSSR count). The van der Waals surface area contributed by atoms with Crippen LogP contribution in [0.2, 0.25) is 0 Å². The van der Waals surface area contributed by atoms with Gasteiger partial charge in [-0.25, -0.2) is 0 Å². The number of rotatable bonds is 9. The molecule has 0 aromatic heterocycles. The minimum atomic E-state index is -0.252. The maximum Gasteiger partial charge on any atom is 0.310 e. The van der Waals surface area contributed by atoms with E-state index in [0.717, 1.165) is 33.6 Å². The highest BCUT2D eigenvalue weighted by molar-refractivity contribution is 5.80. The number of hydrogen-bond acceptors (Lipinski definition) is 4. The first-order valence-corrected chi connectivity index (χ1v) is 10.5. The van der Waals surface area contributed by atoms with Crippen molar-refractivity contribution >= 4 is 11.9 Å². The molecule has 162 valence electrons. The average Bonchev–Trinajstić information content (AvgIpc) is 2.71. The summed E-state index contributed by atoms with van der Waals surface area (Å²) >= 11 is 0. The van der Waals surface area contributed by atoms with E-state index in [4.69, 9.17) is 9.47 Å². The summed E-state index contributed by atoms with van der Waals surface area (Å²) in [4.78, 5) is 26.4. The molecule has 0 spiro atoms. The Kier molecular flexibility index (Phi) is 8.46. The molecule has 30 heavy (non-hydrogen) atoms. The first-order chi connectivity index (χ1) is 14.3. The fourth-order valence-corrected chi connectivity index (χ4v) is 3.49. The van der Waals surface area contributed by atoms with E-state index >= 15 is 0 Å². The standard InChI is InChI=1S/C25H33NO4/c1-7-26(25(28)17(3)4)16-20-13-18(5)9-11-21(20)22-14-19(10-12-23(22)29-6)15-24(27)30-8-2/h9-14,17H,7-8,15-16H2,1-6H3. The van der Waals surface area contributed by atoms with Crippen molar-refractivity contribution in [3.8, 4) is 16.9 Å². The van der Waals surface area contributed by atoms with E-state index in [-0.39, 0.29) is 24.2 Å². The van der Waals surface area contributed by atoms with Gasteiger partial charge >= 0.3 is 5.97 Å². The molecule has 5 nitrogen and oxygen atoms in total. The molecule has 0 N–H and O–H groups in total. The molecule has 0 aliphatic rings. The van der Waals surface area contributed by atoms with Gasteiger partial charge < -0.3 is 14.4 Å². The third-order valence-corrected chi connectivity index (χ3v) is 5.02. The van der Waals surface area contributed by atoms with Crippen LogP contribution in [0, 0.1) is 12.8 Å². The van der Waals surface area contributed by atoms with E-state index in [0.29, 0.717) is 19.7 Å². The van der Waals surface area contributed by atoms with Gasteiger partial charge in [-0.1, -0.05) is 43.7 Å². The van der Waals surface area contributed by atoms with Crippen LogP contribution in [0.25, 0.3) is 11.1 Å². The molecule has 2 aromatic carbocycles. The second-order valence-corrected chi connectivity index (χ2v) is 7.68. The van der Waals surface area contributed by atoms with Crippen molar-refractivity contribution in [1.29, 1.82) is 0 Å². The van der Waals surface area contributed by atoms with Gasteiger partial charge in [0.25, 0.3) is 0 Å². The molecule has 0 atom stereocenters. The third kappa shape index (κ3) is 5.85. The van der Waals surface area contributed by atoms with Crippen molar-refractivity contribution in [1.82, 2.24) is 4.90 Å². The normalized spacial score (nSPS) is 10.8. The number of carbonyl (C=O) groups is 2.